The van der Waals surface area contributed by atoms with E-state index < -0.39 is 0 Å². The van der Waals surface area contributed by atoms with Crippen LogP contribution in [0.4, 0.5) is 9.18 Å². The molecule has 0 fully saturated rings. The molecule has 0 saturated heterocycles. The monoisotopic (exact) mass is 253 g/mol. The number of urea groups is 1. The fourth-order valence-corrected chi connectivity index (χ4v) is 1.49. The third-order valence-electron chi connectivity index (χ3n) is 2.63. The Morgan fingerprint density at radius 3 is 2.44 bits per heavy atom. The minimum Gasteiger partial charge on any atom is -0.337 e. The van der Waals surface area contributed by atoms with Gasteiger partial charge in [-0.3, -0.25) is 0 Å². The van der Waals surface area contributed by atoms with Gasteiger partial charge in [0.05, 0.1) is 0 Å². The van der Waals surface area contributed by atoms with Crippen molar-refractivity contribution in [1.29, 1.82) is 0 Å². The van der Waals surface area contributed by atoms with E-state index in [2.05, 4.69) is 10.6 Å². The van der Waals surface area contributed by atoms with Gasteiger partial charge in [-0.2, -0.15) is 0 Å². The first-order chi connectivity index (χ1) is 8.50. The Balaban J connectivity index is 2.27. The van der Waals surface area contributed by atoms with Crippen molar-refractivity contribution in [1.82, 2.24) is 15.5 Å². The lowest BCUT2D eigenvalue weighted by Crippen LogP contribution is -2.38. The van der Waals surface area contributed by atoms with Crippen molar-refractivity contribution in [3.05, 3.63) is 35.6 Å². The number of hydrogen-bond donors (Lipinski definition) is 2. The fourth-order valence-electron chi connectivity index (χ4n) is 1.49. The van der Waals surface area contributed by atoms with Gasteiger partial charge in [-0.1, -0.05) is 12.1 Å². The van der Waals surface area contributed by atoms with Crippen LogP contribution in [0.5, 0.6) is 0 Å². The first-order valence-corrected chi connectivity index (χ1v) is 5.94. The van der Waals surface area contributed by atoms with Crippen LogP contribution in [0.1, 0.15) is 18.5 Å². The molecule has 0 aliphatic heterocycles. The zero-order valence-corrected chi connectivity index (χ0v) is 11.0. The maximum atomic E-state index is 12.7. The van der Waals surface area contributed by atoms with Crippen LogP contribution in [0.2, 0.25) is 0 Å². The number of carbonyl (C=O) groups is 1. The van der Waals surface area contributed by atoms with Crippen LogP contribution in [0.15, 0.2) is 24.3 Å². The molecule has 0 bridgehead atoms. The molecule has 0 aromatic heterocycles. The Labute approximate surface area is 107 Å². The van der Waals surface area contributed by atoms with E-state index in [4.69, 9.17) is 0 Å². The Morgan fingerprint density at radius 1 is 1.28 bits per heavy atom. The standard InChI is InChI=1S/C13H20FN3O/c1-10(11-4-6-12(14)7-5-11)15-8-9-16-13(18)17(2)3/h4-7,10,15H,8-9H2,1-3H3,(H,16,18). The van der Waals surface area contributed by atoms with E-state index in [1.165, 1.54) is 17.0 Å². The number of benzene rings is 1. The van der Waals surface area contributed by atoms with E-state index in [1.807, 2.05) is 6.92 Å². The van der Waals surface area contributed by atoms with Gasteiger partial charge in [0.1, 0.15) is 5.82 Å². The molecule has 0 aliphatic rings. The average Bonchev–Trinajstić information content (AvgIpc) is 2.34. The van der Waals surface area contributed by atoms with Crippen LogP contribution in [0, 0.1) is 5.82 Å². The van der Waals surface area contributed by atoms with E-state index >= 15 is 0 Å². The van der Waals surface area contributed by atoms with E-state index in [-0.39, 0.29) is 17.9 Å². The zero-order chi connectivity index (χ0) is 13.5. The van der Waals surface area contributed by atoms with E-state index in [0.717, 1.165) is 5.56 Å². The van der Waals surface area contributed by atoms with Crippen molar-refractivity contribution in [2.75, 3.05) is 27.2 Å². The quantitative estimate of drug-likeness (QED) is 0.785. The van der Waals surface area contributed by atoms with Gasteiger partial charge in [0.2, 0.25) is 0 Å². The third-order valence-corrected chi connectivity index (χ3v) is 2.63. The number of amides is 2. The van der Waals surface area contributed by atoms with Crippen LogP contribution in [-0.4, -0.2) is 38.1 Å². The first-order valence-electron chi connectivity index (χ1n) is 5.94. The second-order valence-corrected chi connectivity index (χ2v) is 4.35. The summed E-state index contributed by atoms with van der Waals surface area (Å²) in [6.07, 6.45) is 0. The third kappa shape index (κ3) is 4.71. The van der Waals surface area contributed by atoms with Crippen molar-refractivity contribution >= 4 is 6.03 Å². The highest BCUT2D eigenvalue weighted by Gasteiger charge is 2.05. The number of nitrogens with one attached hydrogen (secondary N) is 2. The molecule has 18 heavy (non-hydrogen) atoms. The second-order valence-electron chi connectivity index (χ2n) is 4.35. The summed E-state index contributed by atoms with van der Waals surface area (Å²) in [4.78, 5) is 12.7. The minimum absolute atomic E-state index is 0.105. The van der Waals surface area contributed by atoms with Gasteiger partial charge >= 0.3 is 6.03 Å². The highest BCUT2D eigenvalue weighted by molar-refractivity contribution is 5.73. The molecule has 0 radical (unpaired) electrons. The van der Waals surface area contributed by atoms with Crippen molar-refractivity contribution in [3.8, 4) is 0 Å². The van der Waals surface area contributed by atoms with Crippen LogP contribution in [-0.2, 0) is 0 Å². The highest BCUT2D eigenvalue weighted by atomic mass is 19.1. The molecule has 100 valence electrons. The normalized spacial score (nSPS) is 12.0. The summed E-state index contributed by atoms with van der Waals surface area (Å²) in [6, 6.07) is 6.42. The van der Waals surface area contributed by atoms with Gasteiger partial charge in [0, 0.05) is 33.2 Å². The summed E-state index contributed by atoms with van der Waals surface area (Å²) >= 11 is 0. The lowest BCUT2D eigenvalue weighted by molar-refractivity contribution is 0.217. The molecule has 2 N–H and O–H groups in total. The second kappa shape index (κ2) is 6.96. The van der Waals surface area contributed by atoms with Gasteiger partial charge in [0.25, 0.3) is 0 Å². The van der Waals surface area contributed by atoms with Crippen LogP contribution >= 0.6 is 0 Å². The highest BCUT2D eigenvalue weighted by Crippen LogP contribution is 2.11. The molecule has 2 amide bonds. The molecule has 1 aromatic rings. The molecule has 0 spiro atoms. The Kier molecular flexibility index (Phi) is 5.58. The van der Waals surface area contributed by atoms with E-state index in [9.17, 15) is 9.18 Å². The molecule has 0 saturated carbocycles. The van der Waals surface area contributed by atoms with Crippen molar-refractivity contribution < 1.29 is 9.18 Å². The summed E-state index contributed by atoms with van der Waals surface area (Å²) in [5, 5.41) is 6.02. The molecular weight excluding hydrogens is 233 g/mol. The Morgan fingerprint density at radius 2 is 1.89 bits per heavy atom. The van der Waals surface area contributed by atoms with Crippen molar-refractivity contribution in [2.24, 2.45) is 0 Å². The van der Waals surface area contributed by atoms with Crippen molar-refractivity contribution in [3.63, 3.8) is 0 Å². The molecule has 1 rings (SSSR count). The number of carbonyl (C=O) groups excluding carboxylic acids is 1. The predicted molar refractivity (Wildman–Crippen MR) is 69.9 cm³/mol. The molecule has 5 heteroatoms. The SMILES string of the molecule is CC(NCCNC(=O)N(C)C)c1ccc(F)cc1. The van der Waals surface area contributed by atoms with Gasteiger partial charge in [-0.15, -0.1) is 0 Å². The zero-order valence-electron chi connectivity index (χ0n) is 11.0. The maximum Gasteiger partial charge on any atom is 0.316 e. The predicted octanol–water partition coefficient (Wildman–Crippen LogP) is 1.75. The fraction of sp³-hybridized carbons (Fsp3) is 0.462. The van der Waals surface area contributed by atoms with E-state index in [1.54, 1.807) is 26.2 Å². The Hall–Kier alpha value is -1.62. The van der Waals surface area contributed by atoms with Gasteiger partial charge in [-0.05, 0) is 24.6 Å². The van der Waals surface area contributed by atoms with E-state index in [0.29, 0.717) is 13.1 Å². The molecule has 1 unspecified atom stereocenters. The summed E-state index contributed by atoms with van der Waals surface area (Å²) in [6.45, 7) is 3.22. The Bertz CT molecular complexity index is 378. The number of nitrogens with zero attached hydrogens (tertiary/aromatic N) is 1. The lowest BCUT2D eigenvalue weighted by Gasteiger charge is -2.16. The first kappa shape index (κ1) is 14.4. The average molecular weight is 253 g/mol. The molecular formula is C13H20FN3O. The maximum absolute atomic E-state index is 12.7. The summed E-state index contributed by atoms with van der Waals surface area (Å²) in [5.74, 6) is -0.232. The summed E-state index contributed by atoms with van der Waals surface area (Å²) in [7, 11) is 3.40. The molecule has 0 aliphatic carbocycles. The van der Waals surface area contributed by atoms with Crippen molar-refractivity contribution in [2.45, 2.75) is 13.0 Å². The van der Waals surface area contributed by atoms with Crippen LogP contribution in [0.3, 0.4) is 0 Å². The molecule has 1 aromatic carbocycles. The number of halogens is 1. The minimum atomic E-state index is -0.232. The van der Waals surface area contributed by atoms with Crippen LogP contribution < -0.4 is 10.6 Å². The van der Waals surface area contributed by atoms with Gasteiger partial charge < -0.3 is 15.5 Å². The number of rotatable bonds is 5. The lowest BCUT2D eigenvalue weighted by atomic mass is 10.1. The topological polar surface area (TPSA) is 44.4 Å². The molecule has 0 heterocycles. The smallest absolute Gasteiger partial charge is 0.316 e. The van der Waals surface area contributed by atoms with Gasteiger partial charge in [-0.25, -0.2) is 9.18 Å². The van der Waals surface area contributed by atoms with Crippen LogP contribution in [0.25, 0.3) is 0 Å². The van der Waals surface area contributed by atoms with Gasteiger partial charge in [0.15, 0.2) is 0 Å². The summed E-state index contributed by atoms with van der Waals surface area (Å²) in [5.41, 5.74) is 1.02. The molecule has 1 atom stereocenters. The molecule has 4 nitrogen and oxygen atoms in total. The summed E-state index contributed by atoms with van der Waals surface area (Å²) < 4.78 is 12.7. The number of hydrogen-bond acceptors (Lipinski definition) is 2. The largest absolute Gasteiger partial charge is 0.337 e.